The van der Waals surface area contributed by atoms with Gasteiger partial charge in [0.05, 0.1) is 37.3 Å². The van der Waals surface area contributed by atoms with E-state index in [0.717, 1.165) is 12.1 Å². The fourth-order valence-corrected chi connectivity index (χ4v) is 2.05. The average molecular weight is 307 g/mol. The van der Waals surface area contributed by atoms with Crippen LogP contribution < -0.4 is 5.32 Å². The number of carbonyl (C=O) groups is 1. The van der Waals surface area contributed by atoms with Gasteiger partial charge in [0.2, 0.25) is 5.91 Å². The van der Waals surface area contributed by atoms with Gasteiger partial charge in [-0.15, -0.1) is 0 Å². The number of ether oxygens (including phenoxy) is 1. The topological polar surface area (TPSA) is 58.6 Å². The summed E-state index contributed by atoms with van der Waals surface area (Å²) in [5.74, 6) is -2.13. The minimum absolute atomic E-state index is 0.0723. The summed E-state index contributed by atoms with van der Waals surface area (Å²) in [5, 5.41) is 11.8. The van der Waals surface area contributed by atoms with E-state index in [1.165, 1.54) is 0 Å². The molecule has 21 heavy (non-hydrogen) atoms. The molecule has 0 unspecified atom stereocenters. The normalized spacial score (nSPS) is 22.3. The second-order valence-electron chi connectivity index (χ2n) is 4.73. The molecule has 8 heteroatoms. The summed E-state index contributed by atoms with van der Waals surface area (Å²) in [6.45, 7) is 0.181. The first-order valence-electron chi connectivity index (χ1n) is 6.19. The number of rotatable bonds is 3. The van der Waals surface area contributed by atoms with Crippen LogP contribution in [-0.4, -0.2) is 36.4 Å². The van der Waals surface area contributed by atoms with Crippen LogP contribution in [0.4, 0.5) is 17.6 Å². The summed E-state index contributed by atoms with van der Waals surface area (Å²) in [5.41, 5.74) is -1.76. The zero-order chi connectivity index (χ0) is 15.6. The molecule has 1 aliphatic heterocycles. The van der Waals surface area contributed by atoms with Crippen molar-refractivity contribution >= 4 is 5.91 Å². The zero-order valence-electron chi connectivity index (χ0n) is 10.8. The van der Waals surface area contributed by atoms with Gasteiger partial charge in [-0.3, -0.25) is 4.79 Å². The number of benzene rings is 1. The lowest BCUT2D eigenvalue weighted by atomic mass is 10.1. The predicted octanol–water partition coefficient (Wildman–Crippen LogP) is 1.26. The molecule has 0 spiro atoms. The minimum atomic E-state index is -4.81. The molecule has 4 nitrogen and oxygen atoms in total. The van der Waals surface area contributed by atoms with E-state index in [2.05, 4.69) is 5.32 Å². The quantitative estimate of drug-likeness (QED) is 0.827. The third-order valence-electron chi connectivity index (χ3n) is 3.13. The van der Waals surface area contributed by atoms with Gasteiger partial charge >= 0.3 is 6.18 Å². The third-order valence-corrected chi connectivity index (χ3v) is 3.13. The summed E-state index contributed by atoms with van der Waals surface area (Å²) in [4.78, 5) is 11.7. The number of hydrogen-bond donors (Lipinski definition) is 2. The van der Waals surface area contributed by atoms with E-state index >= 15 is 0 Å². The highest BCUT2D eigenvalue weighted by Gasteiger charge is 2.35. The standard InChI is InChI=1S/C13H13F4NO3/c14-12-7(2-1-3-8(12)13(15,16)17)4-11(20)18-9-5-21-6-10(9)19/h1-3,9-10,19H,4-6H2,(H,18,20)/t9-,10-/m0/s1. The lowest BCUT2D eigenvalue weighted by Gasteiger charge is -2.15. The molecule has 1 fully saturated rings. The number of amides is 1. The van der Waals surface area contributed by atoms with Gasteiger partial charge in [0, 0.05) is 0 Å². The molecule has 2 atom stereocenters. The van der Waals surface area contributed by atoms with Crippen LogP contribution in [0.2, 0.25) is 0 Å². The molecule has 0 aliphatic carbocycles. The van der Waals surface area contributed by atoms with Crippen molar-refractivity contribution in [3.8, 4) is 0 Å². The van der Waals surface area contributed by atoms with Crippen molar-refractivity contribution in [2.24, 2.45) is 0 Å². The summed E-state index contributed by atoms with van der Waals surface area (Å²) in [6, 6.07) is 2.14. The largest absolute Gasteiger partial charge is 0.419 e. The minimum Gasteiger partial charge on any atom is -0.388 e. The molecule has 2 rings (SSSR count). The van der Waals surface area contributed by atoms with E-state index in [9.17, 15) is 27.5 Å². The highest BCUT2D eigenvalue weighted by molar-refractivity contribution is 5.79. The molecular weight excluding hydrogens is 294 g/mol. The Hall–Kier alpha value is -1.67. The molecule has 0 bridgehead atoms. The number of hydrogen-bond acceptors (Lipinski definition) is 3. The highest BCUT2D eigenvalue weighted by Crippen LogP contribution is 2.32. The van der Waals surface area contributed by atoms with E-state index in [4.69, 9.17) is 4.74 Å². The molecule has 1 saturated heterocycles. The summed E-state index contributed by atoms with van der Waals surface area (Å²) in [6.07, 6.45) is -6.23. The Morgan fingerprint density at radius 2 is 2.10 bits per heavy atom. The Morgan fingerprint density at radius 3 is 2.67 bits per heavy atom. The average Bonchev–Trinajstić information content (AvgIpc) is 2.76. The lowest BCUT2D eigenvalue weighted by molar-refractivity contribution is -0.140. The fourth-order valence-electron chi connectivity index (χ4n) is 2.05. The van der Waals surface area contributed by atoms with Crippen LogP contribution in [0, 0.1) is 5.82 Å². The van der Waals surface area contributed by atoms with E-state index in [-0.39, 0.29) is 18.8 Å². The fraction of sp³-hybridized carbons (Fsp3) is 0.462. The van der Waals surface area contributed by atoms with E-state index in [1.54, 1.807) is 0 Å². The molecule has 1 amide bonds. The van der Waals surface area contributed by atoms with Gasteiger partial charge in [-0.1, -0.05) is 12.1 Å². The van der Waals surface area contributed by atoms with Crippen LogP contribution in [0.3, 0.4) is 0 Å². The second kappa shape index (κ2) is 5.98. The molecule has 0 radical (unpaired) electrons. The van der Waals surface area contributed by atoms with Crippen molar-refractivity contribution in [2.45, 2.75) is 24.7 Å². The molecule has 1 heterocycles. The Balaban J connectivity index is 2.07. The van der Waals surface area contributed by atoms with Gasteiger partial charge in [0.15, 0.2) is 0 Å². The zero-order valence-corrected chi connectivity index (χ0v) is 10.8. The number of aliphatic hydroxyl groups is 1. The molecule has 116 valence electrons. The van der Waals surface area contributed by atoms with Crippen LogP contribution in [0.5, 0.6) is 0 Å². The number of halogens is 4. The van der Waals surface area contributed by atoms with Gasteiger partial charge in [-0.05, 0) is 11.6 Å². The van der Waals surface area contributed by atoms with Gasteiger partial charge in [-0.2, -0.15) is 13.2 Å². The molecule has 2 N–H and O–H groups in total. The van der Waals surface area contributed by atoms with Crippen molar-refractivity contribution in [3.63, 3.8) is 0 Å². The second-order valence-corrected chi connectivity index (χ2v) is 4.73. The molecular formula is C13H13F4NO3. The van der Waals surface area contributed by atoms with Gasteiger partial charge in [-0.25, -0.2) is 4.39 Å². The third kappa shape index (κ3) is 3.70. The van der Waals surface area contributed by atoms with Gasteiger partial charge in [0.25, 0.3) is 0 Å². The van der Waals surface area contributed by atoms with Crippen LogP contribution in [-0.2, 0) is 22.1 Å². The first-order chi connectivity index (χ1) is 9.79. The highest BCUT2D eigenvalue weighted by atomic mass is 19.4. The van der Waals surface area contributed by atoms with E-state index in [0.29, 0.717) is 6.07 Å². The van der Waals surface area contributed by atoms with E-state index in [1.807, 2.05) is 0 Å². The van der Waals surface area contributed by atoms with Crippen molar-refractivity contribution in [1.29, 1.82) is 0 Å². The number of nitrogens with one attached hydrogen (secondary N) is 1. The monoisotopic (exact) mass is 307 g/mol. The number of alkyl halides is 3. The molecule has 1 aliphatic rings. The maximum absolute atomic E-state index is 13.7. The van der Waals surface area contributed by atoms with Crippen molar-refractivity contribution in [1.82, 2.24) is 5.32 Å². The molecule has 0 saturated carbocycles. The Bertz CT molecular complexity index is 533. The SMILES string of the molecule is O=C(Cc1cccc(C(F)(F)F)c1F)N[C@H]1COC[C@@H]1O. The summed E-state index contributed by atoms with van der Waals surface area (Å²) < 4.78 is 56.3. The molecule has 0 aromatic heterocycles. The number of aliphatic hydroxyl groups excluding tert-OH is 1. The first kappa shape index (κ1) is 15.7. The maximum atomic E-state index is 13.7. The Morgan fingerprint density at radius 1 is 1.38 bits per heavy atom. The lowest BCUT2D eigenvalue weighted by Crippen LogP contribution is -2.43. The van der Waals surface area contributed by atoms with Crippen molar-refractivity contribution < 1.29 is 32.2 Å². The van der Waals surface area contributed by atoms with Crippen LogP contribution >= 0.6 is 0 Å². The smallest absolute Gasteiger partial charge is 0.388 e. The van der Waals surface area contributed by atoms with Gasteiger partial charge < -0.3 is 15.2 Å². The maximum Gasteiger partial charge on any atom is 0.419 e. The van der Waals surface area contributed by atoms with E-state index < -0.39 is 42.0 Å². The predicted molar refractivity (Wildman–Crippen MR) is 63.9 cm³/mol. The van der Waals surface area contributed by atoms with Crippen LogP contribution in [0.1, 0.15) is 11.1 Å². The summed E-state index contributed by atoms with van der Waals surface area (Å²) >= 11 is 0. The number of carbonyl (C=O) groups excluding carboxylic acids is 1. The van der Waals surface area contributed by atoms with Crippen molar-refractivity contribution in [3.05, 3.63) is 35.1 Å². The Labute approximate surface area is 117 Å². The Kier molecular flexibility index (Phi) is 4.48. The molecule has 1 aromatic rings. The molecule has 1 aromatic carbocycles. The van der Waals surface area contributed by atoms with Gasteiger partial charge in [0.1, 0.15) is 5.82 Å². The summed E-state index contributed by atoms with van der Waals surface area (Å²) in [7, 11) is 0. The van der Waals surface area contributed by atoms with Crippen LogP contribution in [0.25, 0.3) is 0 Å². The first-order valence-corrected chi connectivity index (χ1v) is 6.19. The van der Waals surface area contributed by atoms with Crippen molar-refractivity contribution in [2.75, 3.05) is 13.2 Å². The van der Waals surface area contributed by atoms with Crippen LogP contribution in [0.15, 0.2) is 18.2 Å².